The van der Waals surface area contributed by atoms with Crippen molar-refractivity contribution in [2.45, 2.75) is 6.54 Å². The van der Waals surface area contributed by atoms with E-state index in [2.05, 4.69) is 10.1 Å². The molecule has 0 saturated heterocycles. The van der Waals surface area contributed by atoms with E-state index in [-0.39, 0.29) is 23.9 Å². The topological polar surface area (TPSA) is 119 Å². The lowest BCUT2D eigenvalue weighted by atomic mass is 10.1. The number of benzene rings is 3. The largest absolute Gasteiger partial charge is 0.465 e. The molecule has 0 spiro atoms. The van der Waals surface area contributed by atoms with Crippen molar-refractivity contribution in [2.24, 2.45) is 0 Å². The molecule has 1 N–H and O–H groups in total. The van der Waals surface area contributed by atoms with E-state index in [4.69, 9.17) is 4.74 Å². The smallest absolute Gasteiger partial charge is 0.338 e. The van der Waals surface area contributed by atoms with Crippen LogP contribution < -0.4 is 5.32 Å². The third-order valence-corrected chi connectivity index (χ3v) is 5.33. The molecule has 0 bridgehead atoms. The highest BCUT2D eigenvalue weighted by atomic mass is 16.5. The van der Waals surface area contributed by atoms with E-state index in [1.165, 1.54) is 43.5 Å². The van der Waals surface area contributed by atoms with Crippen LogP contribution in [0.2, 0.25) is 0 Å². The van der Waals surface area contributed by atoms with E-state index in [0.29, 0.717) is 27.9 Å². The number of nitrogens with zero attached hydrogens (tertiary/aromatic N) is 1. The maximum Gasteiger partial charge on any atom is 0.338 e. The summed E-state index contributed by atoms with van der Waals surface area (Å²) < 4.78 is 9.66. The SMILES string of the molecule is COC(=O)c1ccc(NC(=O)COC(=O)c2ccc(CN3C(=O)c4ccccc4C3=O)cc2)cc1. The molecule has 4 rings (SSSR count). The van der Waals surface area contributed by atoms with Crippen molar-refractivity contribution in [3.05, 3.63) is 101 Å². The summed E-state index contributed by atoms with van der Waals surface area (Å²) in [5.74, 6) is -2.47. The Morgan fingerprint density at radius 3 is 1.89 bits per heavy atom. The highest BCUT2D eigenvalue weighted by molar-refractivity contribution is 6.21. The molecule has 0 unspecified atom stereocenters. The second-order valence-corrected chi connectivity index (χ2v) is 7.63. The van der Waals surface area contributed by atoms with Crippen LogP contribution in [0.4, 0.5) is 5.69 Å². The summed E-state index contributed by atoms with van der Waals surface area (Å²) in [5, 5.41) is 2.56. The number of carbonyl (C=O) groups is 5. The number of fused-ring (bicyclic) bond motifs is 1. The van der Waals surface area contributed by atoms with Gasteiger partial charge >= 0.3 is 11.9 Å². The normalized spacial score (nSPS) is 12.2. The summed E-state index contributed by atoms with van der Waals surface area (Å²) in [6, 6.07) is 18.9. The summed E-state index contributed by atoms with van der Waals surface area (Å²) >= 11 is 0. The highest BCUT2D eigenvalue weighted by Crippen LogP contribution is 2.24. The predicted molar refractivity (Wildman–Crippen MR) is 124 cm³/mol. The fourth-order valence-corrected chi connectivity index (χ4v) is 3.53. The molecule has 3 aromatic carbocycles. The number of amides is 3. The molecule has 176 valence electrons. The van der Waals surface area contributed by atoms with E-state index >= 15 is 0 Å². The van der Waals surface area contributed by atoms with Crippen LogP contribution >= 0.6 is 0 Å². The van der Waals surface area contributed by atoms with Crippen LogP contribution in [0.15, 0.2) is 72.8 Å². The molecule has 9 heteroatoms. The molecule has 0 saturated carbocycles. The second kappa shape index (κ2) is 10.0. The Balaban J connectivity index is 1.29. The number of imide groups is 1. The van der Waals surface area contributed by atoms with Gasteiger partial charge in [-0.05, 0) is 54.1 Å². The Kier molecular flexibility index (Phi) is 6.68. The van der Waals surface area contributed by atoms with Gasteiger partial charge in [0.05, 0.1) is 35.9 Å². The number of hydrogen-bond donors (Lipinski definition) is 1. The molecular weight excluding hydrogens is 452 g/mol. The Labute approximate surface area is 200 Å². The number of hydrogen-bond acceptors (Lipinski definition) is 7. The van der Waals surface area contributed by atoms with E-state index in [9.17, 15) is 24.0 Å². The molecule has 3 aromatic rings. The minimum Gasteiger partial charge on any atom is -0.465 e. The van der Waals surface area contributed by atoms with Gasteiger partial charge in [0, 0.05) is 5.69 Å². The van der Waals surface area contributed by atoms with Gasteiger partial charge in [0.2, 0.25) is 0 Å². The van der Waals surface area contributed by atoms with Crippen LogP contribution in [0.5, 0.6) is 0 Å². The Morgan fingerprint density at radius 2 is 1.31 bits per heavy atom. The molecule has 1 heterocycles. The number of nitrogens with one attached hydrogen (secondary N) is 1. The average molecular weight is 472 g/mol. The van der Waals surface area contributed by atoms with Crippen molar-refractivity contribution in [3.8, 4) is 0 Å². The summed E-state index contributed by atoms with van der Waals surface area (Å²) in [7, 11) is 1.27. The van der Waals surface area contributed by atoms with Gasteiger partial charge in [-0.1, -0.05) is 24.3 Å². The van der Waals surface area contributed by atoms with Crippen LogP contribution in [0, 0.1) is 0 Å². The van der Waals surface area contributed by atoms with Gasteiger partial charge in [0.25, 0.3) is 17.7 Å². The van der Waals surface area contributed by atoms with E-state index in [1.54, 1.807) is 36.4 Å². The molecule has 3 amide bonds. The summed E-state index contributed by atoms with van der Waals surface area (Å²) in [4.78, 5) is 62.0. The average Bonchev–Trinajstić information content (AvgIpc) is 3.12. The number of methoxy groups -OCH3 is 1. The van der Waals surface area contributed by atoms with Gasteiger partial charge in [0.1, 0.15) is 0 Å². The fraction of sp³-hybridized carbons (Fsp3) is 0.115. The Morgan fingerprint density at radius 1 is 0.771 bits per heavy atom. The van der Waals surface area contributed by atoms with Gasteiger partial charge < -0.3 is 14.8 Å². The van der Waals surface area contributed by atoms with Crippen molar-refractivity contribution in [2.75, 3.05) is 19.0 Å². The minimum absolute atomic E-state index is 0.0683. The number of rotatable bonds is 7. The first-order chi connectivity index (χ1) is 16.9. The quantitative estimate of drug-likeness (QED) is 0.415. The maximum atomic E-state index is 12.5. The lowest BCUT2D eigenvalue weighted by molar-refractivity contribution is -0.119. The summed E-state index contributed by atoms with van der Waals surface area (Å²) in [5.41, 5.74) is 2.38. The highest BCUT2D eigenvalue weighted by Gasteiger charge is 2.34. The number of ether oxygens (including phenoxy) is 2. The van der Waals surface area contributed by atoms with E-state index in [0.717, 1.165) is 4.90 Å². The van der Waals surface area contributed by atoms with Gasteiger partial charge in [-0.3, -0.25) is 19.3 Å². The number of carbonyl (C=O) groups excluding carboxylic acids is 5. The molecule has 0 radical (unpaired) electrons. The zero-order chi connectivity index (χ0) is 24.9. The van der Waals surface area contributed by atoms with Crippen LogP contribution in [0.3, 0.4) is 0 Å². The van der Waals surface area contributed by atoms with Crippen molar-refractivity contribution in [1.29, 1.82) is 0 Å². The van der Waals surface area contributed by atoms with Crippen LogP contribution in [-0.4, -0.2) is 48.3 Å². The molecule has 1 aliphatic rings. The zero-order valence-corrected chi connectivity index (χ0v) is 18.6. The second-order valence-electron chi connectivity index (χ2n) is 7.63. The van der Waals surface area contributed by atoms with Gasteiger partial charge in [0.15, 0.2) is 6.61 Å². The maximum absolute atomic E-state index is 12.5. The number of anilines is 1. The summed E-state index contributed by atoms with van der Waals surface area (Å²) in [6.45, 7) is -0.437. The third-order valence-electron chi connectivity index (χ3n) is 5.33. The molecule has 0 atom stereocenters. The van der Waals surface area contributed by atoms with Crippen LogP contribution in [0.1, 0.15) is 47.0 Å². The zero-order valence-electron chi connectivity index (χ0n) is 18.6. The van der Waals surface area contributed by atoms with Crippen molar-refractivity contribution >= 4 is 35.3 Å². The lowest BCUT2D eigenvalue weighted by Gasteiger charge is -2.14. The fourth-order valence-electron chi connectivity index (χ4n) is 3.53. The van der Waals surface area contributed by atoms with Gasteiger partial charge in [-0.2, -0.15) is 0 Å². The standard InChI is InChI=1S/C26H20N2O7/c1-34-25(32)17-10-12-19(13-11-17)27-22(29)15-35-26(33)18-8-6-16(7-9-18)14-28-23(30)20-4-2-3-5-21(20)24(28)31/h2-13H,14-15H2,1H3,(H,27,29). The predicted octanol–water partition coefficient (Wildman–Crippen LogP) is 3.06. The van der Waals surface area contributed by atoms with E-state index < -0.39 is 24.5 Å². The van der Waals surface area contributed by atoms with E-state index in [1.807, 2.05) is 0 Å². The molecule has 0 aliphatic carbocycles. The van der Waals surface area contributed by atoms with Crippen molar-refractivity contribution < 1.29 is 33.4 Å². The third kappa shape index (κ3) is 5.09. The molecule has 1 aliphatic heterocycles. The van der Waals surface area contributed by atoms with Crippen molar-refractivity contribution in [1.82, 2.24) is 4.90 Å². The molecule has 9 nitrogen and oxygen atoms in total. The monoisotopic (exact) mass is 472 g/mol. The molecular formula is C26H20N2O7. The number of esters is 2. The van der Waals surface area contributed by atoms with Crippen LogP contribution in [-0.2, 0) is 20.8 Å². The molecule has 0 fully saturated rings. The first-order valence-corrected chi connectivity index (χ1v) is 10.6. The first kappa shape index (κ1) is 23.4. The Hall–Kier alpha value is -4.79. The molecule has 35 heavy (non-hydrogen) atoms. The molecule has 0 aromatic heterocycles. The first-order valence-electron chi connectivity index (χ1n) is 10.6. The summed E-state index contributed by atoms with van der Waals surface area (Å²) in [6.07, 6.45) is 0. The van der Waals surface area contributed by atoms with Gasteiger partial charge in [-0.25, -0.2) is 9.59 Å². The van der Waals surface area contributed by atoms with Crippen LogP contribution in [0.25, 0.3) is 0 Å². The lowest BCUT2D eigenvalue weighted by Crippen LogP contribution is -2.29. The minimum atomic E-state index is -0.700. The Bertz CT molecular complexity index is 1280. The van der Waals surface area contributed by atoms with Gasteiger partial charge in [-0.15, -0.1) is 0 Å². The van der Waals surface area contributed by atoms with Crippen molar-refractivity contribution in [3.63, 3.8) is 0 Å².